The molecule has 0 aromatic heterocycles. The second-order valence-electron chi connectivity index (χ2n) is 7.32. The van der Waals surface area contributed by atoms with E-state index in [4.69, 9.17) is 0 Å². The van der Waals surface area contributed by atoms with Crippen molar-refractivity contribution in [3.63, 3.8) is 0 Å². The third-order valence-corrected chi connectivity index (χ3v) is 7.06. The SMILES string of the molecule is CC(=O)N1CCN(S(=O)(=O)c2ccc(C(=O)NCc3cccc(C(F)(F)F)c3)cc2)CC1. The number of piperazine rings is 1. The molecule has 1 N–H and O–H groups in total. The predicted octanol–water partition coefficient (Wildman–Crippen LogP) is 2.49. The second-order valence-corrected chi connectivity index (χ2v) is 9.25. The van der Waals surface area contributed by atoms with Gasteiger partial charge < -0.3 is 10.2 Å². The smallest absolute Gasteiger partial charge is 0.348 e. The van der Waals surface area contributed by atoms with Crippen molar-refractivity contribution in [3.8, 4) is 0 Å². The van der Waals surface area contributed by atoms with Gasteiger partial charge in [-0.3, -0.25) is 9.59 Å². The maximum absolute atomic E-state index is 12.8. The zero-order valence-corrected chi connectivity index (χ0v) is 18.0. The van der Waals surface area contributed by atoms with Crippen LogP contribution in [0.4, 0.5) is 13.2 Å². The van der Waals surface area contributed by atoms with E-state index in [2.05, 4.69) is 5.32 Å². The van der Waals surface area contributed by atoms with Gasteiger partial charge in [0.1, 0.15) is 0 Å². The standard InChI is InChI=1S/C21H22F3N3O4S/c1-15(28)26-9-11-27(12-10-26)32(30,31)19-7-5-17(6-8-19)20(29)25-14-16-3-2-4-18(13-16)21(22,23)24/h2-8,13H,9-12,14H2,1H3,(H,25,29). The van der Waals surface area contributed by atoms with Crippen LogP contribution in [0.25, 0.3) is 0 Å². The van der Waals surface area contributed by atoms with Crippen LogP contribution >= 0.6 is 0 Å². The van der Waals surface area contributed by atoms with Gasteiger partial charge in [0.25, 0.3) is 5.91 Å². The molecule has 0 aliphatic carbocycles. The highest BCUT2D eigenvalue weighted by Crippen LogP contribution is 2.29. The lowest BCUT2D eigenvalue weighted by Crippen LogP contribution is -2.49. The van der Waals surface area contributed by atoms with E-state index in [9.17, 15) is 31.2 Å². The van der Waals surface area contributed by atoms with E-state index in [0.29, 0.717) is 13.1 Å². The number of nitrogens with one attached hydrogen (secondary N) is 1. The first-order chi connectivity index (χ1) is 15.0. The van der Waals surface area contributed by atoms with E-state index < -0.39 is 27.7 Å². The van der Waals surface area contributed by atoms with Crippen molar-refractivity contribution in [1.82, 2.24) is 14.5 Å². The molecule has 1 aliphatic rings. The van der Waals surface area contributed by atoms with Gasteiger partial charge in [-0.2, -0.15) is 17.5 Å². The molecule has 1 saturated heterocycles. The molecule has 2 aromatic rings. The average Bonchev–Trinajstić information content (AvgIpc) is 2.77. The van der Waals surface area contributed by atoms with Gasteiger partial charge in [-0.15, -0.1) is 0 Å². The number of benzene rings is 2. The van der Waals surface area contributed by atoms with Crippen molar-refractivity contribution >= 4 is 21.8 Å². The number of nitrogens with zero attached hydrogens (tertiary/aromatic N) is 2. The normalized spacial score (nSPS) is 15.4. The summed E-state index contributed by atoms with van der Waals surface area (Å²) in [4.78, 5) is 25.3. The minimum Gasteiger partial charge on any atom is -0.348 e. The Morgan fingerprint density at radius 1 is 1.00 bits per heavy atom. The van der Waals surface area contributed by atoms with Crippen molar-refractivity contribution in [1.29, 1.82) is 0 Å². The molecule has 1 aliphatic heterocycles. The molecule has 7 nitrogen and oxygen atoms in total. The number of halogens is 3. The average molecular weight is 469 g/mol. The van der Waals surface area contributed by atoms with Crippen LogP contribution in [0.1, 0.15) is 28.4 Å². The van der Waals surface area contributed by atoms with Crippen molar-refractivity contribution in [2.75, 3.05) is 26.2 Å². The molecule has 1 heterocycles. The minimum absolute atomic E-state index is 0.0169. The van der Waals surface area contributed by atoms with Gasteiger partial charge in [0.2, 0.25) is 15.9 Å². The topological polar surface area (TPSA) is 86.8 Å². The number of carbonyl (C=O) groups excluding carboxylic acids is 2. The molecule has 32 heavy (non-hydrogen) atoms. The lowest BCUT2D eigenvalue weighted by atomic mass is 10.1. The van der Waals surface area contributed by atoms with Crippen LogP contribution in [0.3, 0.4) is 0 Å². The summed E-state index contributed by atoms with van der Waals surface area (Å²) in [6.07, 6.45) is -4.47. The zero-order valence-electron chi connectivity index (χ0n) is 17.2. The molecule has 172 valence electrons. The van der Waals surface area contributed by atoms with Gasteiger partial charge in [0, 0.05) is 45.2 Å². The van der Waals surface area contributed by atoms with Gasteiger partial charge in [0.15, 0.2) is 0 Å². The summed E-state index contributed by atoms with van der Waals surface area (Å²) >= 11 is 0. The van der Waals surface area contributed by atoms with Gasteiger partial charge in [-0.25, -0.2) is 8.42 Å². The number of alkyl halides is 3. The van der Waals surface area contributed by atoms with Gasteiger partial charge >= 0.3 is 6.18 Å². The lowest BCUT2D eigenvalue weighted by Gasteiger charge is -2.33. The molecule has 0 bridgehead atoms. The fraction of sp³-hybridized carbons (Fsp3) is 0.333. The van der Waals surface area contributed by atoms with Crippen molar-refractivity contribution < 1.29 is 31.2 Å². The first-order valence-electron chi connectivity index (χ1n) is 9.78. The van der Waals surface area contributed by atoms with Crippen LogP contribution < -0.4 is 5.32 Å². The molecule has 11 heteroatoms. The summed E-state index contributed by atoms with van der Waals surface area (Å²) < 4.78 is 65.3. The fourth-order valence-electron chi connectivity index (χ4n) is 3.31. The maximum Gasteiger partial charge on any atom is 0.416 e. The summed E-state index contributed by atoms with van der Waals surface area (Å²) in [6, 6.07) is 9.96. The highest BCUT2D eigenvalue weighted by Gasteiger charge is 2.31. The van der Waals surface area contributed by atoms with Crippen LogP contribution in [0, 0.1) is 0 Å². The Kier molecular flexibility index (Phi) is 6.89. The highest BCUT2D eigenvalue weighted by molar-refractivity contribution is 7.89. The van der Waals surface area contributed by atoms with Gasteiger partial charge in [-0.1, -0.05) is 12.1 Å². The molecule has 1 fully saturated rings. The Bertz CT molecular complexity index is 1090. The first kappa shape index (κ1) is 23.7. The molecular weight excluding hydrogens is 447 g/mol. The summed E-state index contributed by atoms with van der Waals surface area (Å²) in [5.41, 5.74) is -0.336. The number of hydrogen-bond donors (Lipinski definition) is 1. The zero-order chi connectivity index (χ0) is 23.5. The molecule has 0 saturated carbocycles. The number of carbonyl (C=O) groups is 2. The van der Waals surface area contributed by atoms with Crippen LogP contribution in [-0.2, 0) is 27.5 Å². The summed E-state index contributed by atoms with van der Waals surface area (Å²) in [5, 5.41) is 2.53. The third-order valence-electron chi connectivity index (χ3n) is 5.15. The van der Waals surface area contributed by atoms with Crippen LogP contribution in [0.2, 0.25) is 0 Å². The third kappa shape index (κ3) is 5.46. The largest absolute Gasteiger partial charge is 0.416 e. The molecular formula is C21H22F3N3O4S. The molecule has 2 aromatic carbocycles. The van der Waals surface area contributed by atoms with Crippen LogP contribution in [0.5, 0.6) is 0 Å². The Hall–Kier alpha value is -2.92. The summed E-state index contributed by atoms with van der Waals surface area (Å²) in [5.74, 6) is -0.649. The number of amides is 2. The molecule has 0 radical (unpaired) electrons. The van der Waals surface area contributed by atoms with E-state index >= 15 is 0 Å². The Morgan fingerprint density at radius 2 is 1.62 bits per heavy atom. The molecule has 3 rings (SSSR count). The predicted molar refractivity (Wildman–Crippen MR) is 110 cm³/mol. The van der Waals surface area contributed by atoms with Crippen LogP contribution in [-0.4, -0.2) is 55.6 Å². The second kappa shape index (κ2) is 9.29. The van der Waals surface area contributed by atoms with Gasteiger partial charge in [-0.05, 0) is 42.0 Å². The van der Waals surface area contributed by atoms with E-state index in [1.165, 1.54) is 47.6 Å². The Labute approximate surface area is 183 Å². The summed E-state index contributed by atoms with van der Waals surface area (Å²) in [6.45, 7) is 2.31. The molecule has 2 amide bonds. The van der Waals surface area contributed by atoms with Gasteiger partial charge in [0.05, 0.1) is 10.5 Å². The first-order valence-corrected chi connectivity index (χ1v) is 11.2. The molecule has 0 unspecified atom stereocenters. The van der Waals surface area contributed by atoms with Crippen molar-refractivity contribution in [2.24, 2.45) is 0 Å². The van der Waals surface area contributed by atoms with Crippen molar-refractivity contribution in [3.05, 3.63) is 65.2 Å². The van der Waals surface area contributed by atoms with E-state index in [1.807, 2.05) is 0 Å². The monoisotopic (exact) mass is 469 g/mol. The Morgan fingerprint density at radius 3 is 2.19 bits per heavy atom. The van der Waals surface area contributed by atoms with Crippen molar-refractivity contribution in [2.45, 2.75) is 24.5 Å². The lowest BCUT2D eigenvalue weighted by molar-refractivity contribution is -0.137. The number of hydrogen-bond acceptors (Lipinski definition) is 4. The highest BCUT2D eigenvalue weighted by atomic mass is 32.2. The molecule has 0 spiro atoms. The molecule has 0 atom stereocenters. The number of rotatable bonds is 5. The van der Waals surface area contributed by atoms with E-state index in [0.717, 1.165) is 12.1 Å². The quantitative estimate of drug-likeness (QED) is 0.729. The number of sulfonamides is 1. The fourth-order valence-corrected chi connectivity index (χ4v) is 4.73. The van der Waals surface area contributed by atoms with E-state index in [1.54, 1.807) is 4.90 Å². The van der Waals surface area contributed by atoms with Crippen LogP contribution in [0.15, 0.2) is 53.4 Å². The minimum atomic E-state index is -4.47. The van der Waals surface area contributed by atoms with E-state index in [-0.39, 0.29) is 41.6 Å². The maximum atomic E-state index is 12.8. The summed E-state index contributed by atoms with van der Waals surface area (Å²) in [7, 11) is -3.77. The Balaban J connectivity index is 1.63.